The molecule has 2 aromatic heterocycles. The smallest absolute Gasteiger partial charge is 0.234 e. The van der Waals surface area contributed by atoms with Gasteiger partial charge in [0, 0.05) is 22.9 Å². The highest BCUT2D eigenvalue weighted by atomic mass is 32.2. The van der Waals surface area contributed by atoms with E-state index in [1.807, 2.05) is 60.7 Å². The first-order valence-electron chi connectivity index (χ1n) is 8.51. The van der Waals surface area contributed by atoms with Gasteiger partial charge in [0.1, 0.15) is 6.26 Å². The number of anilines is 1. The molecule has 0 saturated carbocycles. The lowest BCUT2D eigenvalue weighted by Gasteiger charge is -2.07. The number of rotatable bonds is 6. The fourth-order valence-corrected chi connectivity index (χ4v) is 3.43. The van der Waals surface area contributed by atoms with Gasteiger partial charge in [0.15, 0.2) is 0 Å². The molecule has 0 radical (unpaired) electrons. The van der Waals surface area contributed by atoms with Gasteiger partial charge in [0.2, 0.25) is 11.8 Å². The molecule has 2 aromatic carbocycles. The number of fused-ring (bicyclic) bond motifs is 1. The van der Waals surface area contributed by atoms with Gasteiger partial charge in [0.05, 0.1) is 22.7 Å². The highest BCUT2D eigenvalue weighted by molar-refractivity contribution is 7.99. The van der Waals surface area contributed by atoms with Crippen molar-refractivity contribution in [2.24, 2.45) is 0 Å². The summed E-state index contributed by atoms with van der Waals surface area (Å²) in [5.74, 6) is 1.49. The predicted octanol–water partition coefficient (Wildman–Crippen LogP) is 4.76. The Labute approximate surface area is 160 Å². The zero-order chi connectivity index (χ0) is 18.5. The van der Waals surface area contributed by atoms with E-state index < -0.39 is 0 Å². The summed E-state index contributed by atoms with van der Waals surface area (Å²) < 4.78 is 5.52. The van der Waals surface area contributed by atoms with E-state index in [0.717, 1.165) is 27.8 Å². The van der Waals surface area contributed by atoms with E-state index in [9.17, 15) is 4.79 Å². The Kier molecular flexibility index (Phi) is 5.16. The van der Waals surface area contributed by atoms with Crippen molar-refractivity contribution in [1.29, 1.82) is 0 Å². The number of thioether (sulfide) groups is 1. The molecule has 0 aliphatic heterocycles. The van der Waals surface area contributed by atoms with Gasteiger partial charge in [-0.1, -0.05) is 24.3 Å². The van der Waals surface area contributed by atoms with Crippen molar-refractivity contribution in [3.63, 3.8) is 0 Å². The number of aromatic nitrogens is 2. The predicted molar refractivity (Wildman–Crippen MR) is 108 cm³/mol. The Balaban J connectivity index is 1.33. The van der Waals surface area contributed by atoms with E-state index in [1.165, 1.54) is 11.8 Å². The average Bonchev–Trinajstić information content (AvgIpc) is 3.18. The second-order valence-electron chi connectivity index (χ2n) is 5.93. The summed E-state index contributed by atoms with van der Waals surface area (Å²) in [5.41, 5.74) is 3.40. The highest BCUT2D eigenvalue weighted by Gasteiger charge is 2.09. The summed E-state index contributed by atoms with van der Waals surface area (Å²) in [6.45, 7) is 0. The topological polar surface area (TPSA) is 68.0 Å². The normalized spacial score (nSPS) is 10.8. The Morgan fingerprint density at radius 3 is 2.81 bits per heavy atom. The SMILES string of the molecule is O=C(CSCc1coc(-c2ccccc2)n1)Nc1cccc2ncccc12. The number of benzene rings is 2. The second kappa shape index (κ2) is 8.05. The van der Waals surface area contributed by atoms with Gasteiger partial charge in [-0.2, -0.15) is 0 Å². The molecular formula is C21H17N3O2S. The molecule has 134 valence electrons. The van der Waals surface area contributed by atoms with E-state index in [0.29, 0.717) is 17.4 Å². The van der Waals surface area contributed by atoms with Crippen molar-refractivity contribution in [1.82, 2.24) is 9.97 Å². The first kappa shape index (κ1) is 17.3. The number of oxazole rings is 1. The molecule has 0 aliphatic carbocycles. The molecule has 0 saturated heterocycles. The number of hydrogen-bond acceptors (Lipinski definition) is 5. The fourth-order valence-electron chi connectivity index (χ4n) is 2.73. The molecule has 2 heterocycles. The molecule has 1 N–H and O–H groups in total. The van der Waals surface area contributed by atoms with Crippen LogP contribution in [-0.4, -0.2) is 21.6 Å². The largest absolute Gasteiger partial charge is 0.444 e. The molecular weight excluding hydrogens is 358 g/mol. The van der Waals surface area contributed by atoms with E-state index in [2.05, 4.69) is 15.3 Å². The van der Waals surface area contributed by atoms with Crippen molar-refractivity contribution in [2.45, 2.75) is 5.75 Å². The van der Waals surface area contributed by atoms with Crippen LogP contribution in [0.1, 0.15) is 5.69 Å². The van der Waals surface area contributed by atoms with Crippen LogP contribution in [-0.2, 0) is 10.5 Å². The number of pyridine rings is 1. The molecule has 0 atom stereocenters. The van der Waals surface area contributed by atoms with E-state index >= 15 is 0 Å². The molecule has 0 unspecified atom stereocenters. The summed E-state index contributed by atoms with van der Waals surface area (Å²) in [6.07, 6.45) is 3.38. The minimum Gasteiger partial charge on any atom is -0.444 e. The summed E-state index contributed by atoms with van der Waals surface area (Å²) in [6, 6.07) is 19.3. The molecule has 27 heavy (non-hydrogen) atoms. The number of carbonyl (C=O) groups is 1. The van der Waals surface area contributed by atoms with Crippen molar-refractivity contribution in [2.75, 3.05) is 11.1 Å². The average molecular weight is 375 g/mol. The quantitative estimate of drug-likeness (QED) is 0.526. The molecule has 4 aromatic rings. The molecule has 0 aliphatic rings. The number of hydrogen-bond donors (Lipinski definition) is 1. The zero-order valence-corrected chi connectivity index (χ0v) is 15.3. The van der Waals surface area contributed by atoms with Crippen molar-refractivity contribution in [3.05, 3.63) is 78.8 Å². The van der Waals surface area contributed by atoms with Gasteiger partial charge in [-0.15, -0.1) is 11.8 Å². The zero-order valence-electron chi connectivity index (χ0n) is 14.5. The van der Waals surface area contributed by atoms with Gasteiger partial charge in [-0.25, -0.2) is 4.98 Å². The van der Waals surface area contributed by atoms with Gasteiger partial charge >= 0.3 is 0 Å². The van der Waals surface area contributed by atoms with Gasteiger partial charge < -0.3 is 9.73 Å². The van der Waals surface area contributed by atoms with Gasteiger partial charge in [-0.05, 0) is 36.4 Å². The Morgan fingerprint density at radius 1 is 1.04 bits per heavy atom. The number of carbonyl (C=O) groups excluding carboxylic acids is 1. The molecule has 1 amide bonds. The van der Waals surface area contributed by atoms with Crippen molar-refractivity contribution >= 4 is 34.3 Å². The van der Waals surface area contributed by atoms with Gasteiger partial charge in [-0.3, -0.25) is 9.78 Å². The number of amides is 1. The standard InChI is InChI=1S/C21H17N3O2S/c25-20(24-19-10-4-9-18-17(19)8-5-11-22-18)14-27-13-16-12-26-21(23-16)15-6-2-1-3-7-15/h1-12H,13-14H2,(H,24,25). The highest BCUT2D eigenvalue weighted by Crippen LogP contribution is 2.23. The molecule has 6 heteroatoms. The van der Waals surface area contributed by atoms with Crippen LogP contribution in [0.25, 0.3) is 22.4 Å². The molecule has 0 bridgehead atoms. The van der Waals surface area contributed by atoms with Crippen LogP contribution in [0.4, 0.5) is 5.69 Å². The maximum atomic E-state index is 12.3. The summed E-state index contributed by atoms with van der Waals surface area (Å²) >= 11 is 1.50. The molecule has 4 rings (SSSR count). The van der Waals surface area contributed by atoms with E-state index in [-0.39, 0.29) is 5.91 Å². The van der Waals surface area contributed by atoms with E-state index in [4.69, 9.17) is 4.42 Å². The summed E-state index contributed by atoms with van der Waals surface area (Å²) in [5, 5.41) is 3.89. The summed E-state index contributed by atoms with van der Waals surface area (Å²) in [7, 11) is 0. The third-order valence-corrected chi connectivity index (χ3v) is 4.94. The third-order valence-electron chi connectivity index (χ3n) is 3.98. The lowest BCUT2D eigenvalue weighted by Crippen LogP contribution is -2.14. The maximum absolute atomic E-state index is 12.3. The lowest BCUT2D eigenvalue weighted by atomic mass is 10.2. The molecule has 0 fully saturated rings. The van der Waals surface area contributed by atoms with Crippen LogP contribution in [0.5, 0.6) is 0 Å². The number of nitrogens with zero attached hydrogens (tertiary/aromatic N) is 2. The minimum absolute atomic E-state index is 0.0527. The van der Waals surface area contributed by atoms with Crippen LogP contribution < -0.4 is 5.32 Å². The second-order valence-corrected chi connectivity index (χ2v) is 6.91. The van der Waals surface area contributed by atoms with Gasteiger partial charge in [0.25, 0.3) is 0 Å². The monoisotopic (exact) mass is 375 g/mol. The van der Waals surface area contributed by atoms with Crippen molar-refractivity contribution in [3.8, 4) is 11.5 Å². The Bertz CT molecular complexity index is 1060. The third kappa shape index (κ3) is 4.17. The van der Waals surface area contributed by atoms with Crippen LogP contribution in [0.15, 0.2) is 77.5 Å². The van der Waals surface area contributed by atoms with E-state index in [1.54, 1.807) is 12.5 Å². The summed E-state index contributed by atoms with van der Waals surface area (Å²) in [4.78, 5) is 21.1. The molecule has 0 spiro atoms. The van der Waals surface area contributed by atoms with Crippen molar-refractivity contribution < 1.29 is 9.21 Å². The first-order valence-corrected chi connectivity index (χ1v) is 9.66. The minimum atomic E-state index is -0.0527. The van der Waals surface area contributed by atoms with Crippen LogP contribution in [0.3, 0.4) is 0 Å². The lowest BCUT2D eigenvalue weighted by molar-refractivity contribution is -0.113. The Hall–Kier alpha value is -3.12. The fraction of sp³-hybridized carbons (Fsp3) is 0.0952. The van der Waals surface area contributed by atoms with Crippen LogP contribution in [0.2, 0.25) is 0 Å². The molecule has 5 nitrogen and oxygen atoms in total. The first-order chi connectivity index (χ1) is 13.3. The van der Waals surface area contributed by atoms with Crippen LogP contribution >= 0.6 is 11.8 Å². The maximum Gasteiger partial charge on any atom is 0.234 e. The van der Waals surface area contributed by atoms with Crippen LogP contribution in [0, 0.1) is 0 Å². The number of nitrogens with one attached hydrogen (secondary N) is 1. The Morgan fingerprint density at radius 2 is 1.93 bits per heavy atom.